The van der Waals surface area contributed by atoms with Gasteiger partial charge >= 0.3 is 5.97 Å². The highest BCUT2D eigenvalue weighted by Crippen LogP contribution is 2.19. The molecule has 0 aliphatic carbocycles. The first-order valence-electron chi connectivity index (χ1n) is 5.55. The van der Waals surface area contributed by atoms with Crippen LogP contribution < -0.4 is 4.72 Å². The molecule has 2 N–H and O–H groups in total. The highest BCUT2D eigenvalue weighted by Gasteiger charge is 2.17. The predicted octanol–water partition coefficient (Wildman–Crippen LogP) is 2.09. The van der Waals surface area contributed by atoms with Crippen LogP contribution >= 0.6 is 0 Å². The number of benzene rings is 1. The van der Waals surface area contributed by atoms with Gasteiger partial charge in [0.05, 0.1) is 17.0 Å². The van der Waals surface area contributed by atoms with Crippen LogP contribution in [0.2, 0.25) is 0 Å². The molecule has 0 saturated heterocycles. The average molecular weight is 271 g/mol. The molecule has 0 saturated carbocycles. The number of hydrogen-bond donors (Lipinski definition) is 2. The molecule has 0 amide bonds. The Hall–Kier alpha value is -1.56. The molecule has 0 atom stereocenters. The summed E-state index contributed by atoms with van der Waals surface area (Å²) in [5, 5.41) is 9.03. The van der Waals surface area contributed by atoms with E-state index in [-0.39, 0.29) is 22.9 Å². The van der Waals surface area contributed by atoms with Crippen molar-refractivity contribution in [1.82, 2.24) is 0 Å². The lowest BCUT2D eigenvalue weighted by Crippen LogP contribution is -2.21. The monoisotopic (exact) mass is 271 g/mol. The minimum absolute atomic E-state index is 0.0266. The molecule has 6 heteroatoms. The maximum Gasteiger partial charge on any atom is 0.337 e. The topological polar surface area (TPSA) is 83.5 Å². The molecule has 18 heavy (non-hydrogen) atoms. The molecule has 0 aliphatic heterocycles. The highest BCUT2D eigenvalue weighted by atomic mass is 32.2. The van der Waals surface area contributed by atoms with Gasteiger partial charge in [-0.15, -0.1) is 0 Å². The normalized spacial score (nSPS) is 11.6. The van der Waals surface area contributed by atoms with Crippen molar-refractivity contribution in [1.29, 1.82) is 0 Å². The second-order valence-corrected chi connectivity index (χ2v) is 6.40. The first kappa shape index (κ1) is 14.5. The molecule has 1 rings (SSSR count). The summed E-state index contributed by atoms with van der Waals surface area (Å²) < 4.78 is 25.9. The number of sulfonamides is 1. The zero-order chi connectivity index (χ0) is 13.9. The van der Waals surface area contributed by atoms with Crippen molar-refractivity contribution < 1.29 is 18.3 Å². The third kappa shape index (κ3) is 4.03. The molecule has 0 spiro atoms. The fraction of sp³-hybridized carbons (Fsp3) is 0.417. The van der Waals surface area contributed by atoms with E-state index in [1.54, 1.807) is 26.8 Å². The number of carboxylic acid groups (broad SMARTS) is 1. The fourth-order valence-electron chi connectivity index (χ4n) is 1.57. The number of carbonyl (C=O) groups is 1. The molecule has 1 aromatic carbocycles. The van der Waals surface area contributed by atoms with Crippen molar-refractivity contribution in [2.24, 2.45) is 5.92 Å². The van der Waals surface area contributed by atoms with Gasteiger partial charge in [0.25, 0.3) is 0 Å². The van der Waals surface area contributed by atoms with E-state index < -0.39 is 16.0 Å². The molecular weight excluding hydrogens is 254 g/mol. The molecule has 0 fully saturated rings. The van der Waals surface area contributed by atoms with Gasteiger partial charge in [0.15, 0.2) is 0 Å². The van der Waals surface area contributed by atoms with E-state index in [0.29, 0.717) is 0 Å². The van der Waals surface area contributed by atoms with E-state index in [1.807, 2.05) is 0 Å². The predicted molar refractivity (Wildman–Crippen MR) is 70.4 cm³/mol. The van der Waals surface area contributed by atoms with Crippen molar-refractivity contribution in [2.45, 2.75) is 20.8 Å². The van der Waals surface area contributed by atoms with Crippen LogP contribution in [0, 0.1) is 12.8 Å². The van der Waals surface area contributed by atoms with Crippen LogP contribution in [-0.2, 0) is 10.0 Å². The van der Waals surface area contributed by atoms with Gasteiger partial charge in [-0.2, -0.15) is 0 Å². The van der Waals surface area contributed by atoms with Crippen LogP contribution in [0.25, 0.3) is 0 Å². The summed E-state index contributed by atoms with van der Waals surface area (Å²) in [6.07, 6.45) is 0. The number of carboxylic acids is 1. The van der Waals surface area contributed by atoms with Crippen molar-refractivity contribution in [3.05, 3.63) is 29.3 Å². The highest BCUT2D eigenvalue weighted by molar-refractivity contribution is 7.92. The number of hydrogen-bond acceptors (Lipinski definition) is 3. The SMILES string of the molecule is Cc1ccc(NS(=O)(=O)CC(C)C)c(C(=O)O)c1. The molecule has 0 aromatic heterocycles. The fourth-order valence-corrected chi connectivity index (χ4v) is 3.05. The molecule has 0 radical (unpaired) electrons. The van der Waals surface area contributed by atoms with Crippen molar-refractivity contribution >= 4 is 21.7 Å². The van der Waals surface area contributed by atoms with E-state index in [0.717, 1.165) is 5.56 Å². The Morgan fingerprint density at radius 1 is 1.39 bits per heavy atom. The lowest BCUT2D eigenvalue weighted by atomic mass is 10.1. The summed E-state index contributed by atoms with van der Waals surface area (Å²) in [6, 6.07) is 4.58. The summed E-state index contributed by atoms with van der Waals surface area (Å²) >= 11 is 0. The Kier molecular flexibility index (Phi) is 4.34. The largest absolute Gasteiger partial charge is 0.478 e. The van der Waals surface area contributed by atoms with E-state index in [9.17, 15) is 13.2 Å². The first-order valence-corrected chi connectivity index (χ1v) is 7.21. The molecule has 0 bridgehead atoms. The van der Waals surface area contributed by atoms with Gasteiger partial charge in [0.1, 0.15) is 0 Å². The van der Waals surface area contributed by atoms with Gasteiger partial charge < -0.3 is 5.11 Å². The smallest absolute Gasteiger partial charge is 0.337 e. The lowest BCUT2D eigenvalue weighted by molar-refractivity contribution is 0.0698. The van der Waals surface area contributed by atoms with Crippen molar-refractivity contribution in [3.63, 3.8) is 0 Å². The molecule has 0 heterocycles. The Labute approximate surface area is 107 Å². The second-order valence-electron chi connectivity index (χ2n) is 4.63. The van der Waals surface area contributed by atoms with Gasteiger partial charge in [-0.05, 0) is 25.0 Å². The zero-order valence-corrected chi connectivity index (χ0v) is 11.4. The maximum atomic E-state index is 11.8. The first-order chi connectivity index (χ1) is 8.21. The third-order valence-corrected chi connectivity index (χ3v) is 3.86. The average Bonchev–Trinajstić information content (AvgIpc) is 2.18. The molecule has 1 aromatic rings. The number of nitrogens with one attached hydrogen (secondary N) is 1. The standard InChI is InChI=1S/C12H17NO4S/c1-8(2)7-18(16,17)13-11-5-4-9(3)6-10(11)12(14)15/h4-6,8,13H,7H2,1-3H3,(H,14,15). The molecule has 5 nitrogen and oxygen atoms in total. The van der Waals surface area contributed by atoms with Gasteiger partial charge in [-0.3, -0.25) is 4.72 Å². The number of aryl methyl sites for hydroxylation is 1. The van der Waals surface area contributed by atoms with Gasteiger partial charge in [0, 0.05) is 0 Å². The van der Waals surface area contributed by atoms with Crippen LogP contribution in [0.1, 0.15) is 29.8 Å². The van der Waals surface area contributed by atoms with Crippen LogP contribution in [-0.4, -0.2) is 25.2 Å². The third-order valence-electron chi connectivity index (χ3n) is 2.22. The molecule has 100 valence electrons. The van der Waals surface area contributed by atoms with Crippen LogP contribution in [0.15, 0.2) is 18.2 Å². The summed E-state index contributed by atoms with van der Waals surface area (Å²) in [4.78, 5) is 11.0. The Bertz CT molecular complexity index is 549. The van der Waals surface area contributed by atoms with Crippen LogP contribution in [0.4, 0.5) is 5.69 Å². The minimum Gasteiger partial charge on any atom is -0.478 e. The van der Waals surface area contributed by atoms with Crippen LogP contribution in [0.3, 0.4) is 0 Å². The zero-order valence-electron chi connectivity index (χ0n) is 10.6. The maximum absolute atomic E-state index is 11.8. The lowest BCUT2D eigenvalue weighted by Gasteiger charge is -2.12. The van der Waals surface area contributed by atoms with E-state index in [4.69, 9.17) is 5.11 Å². The van der Waals surface area contributed by atoms with Crippen LogP contribution in [0.5, 0.6) is 0 Å². The Balaban J connectivity index is 3.08. The second kappa shape index (κ2) is 5.39. The van der Waals surface area contributed by atoms with Gasteiger partial charge in [-0.1, -0.05) is 25.5 Å². The van der Waals surface area contributed by atoms with E-state index in [1.165, 1.54) is 12.1 Å². The van der Waals surface area contributed by atoms with E-state index in [2.05, 4.69) is 4.72 Å². The summed E-state index contributed by atoms with van der Waals surface area (Å²) in [5.41, 5.74) is 0.829. The van der Waals surface area contributed by atoms with Crippen molar-refractivity contribution in [3.8, 4) is 0 Å². The van der Waals surface area contributed by atoms with Gasteiger partial charge in [-0.25, -0.2) is 13.2 Å². The van der Waals surface area contributed by atoms with E-state index >= 15 is 0 Å². The quantitative estimate of drug-likeness (QED) is 0.859. The van der Waals surface area contributed by atoms with Gasteiger partial charge in [0.2, 0.25) is 10.0 Å². The Morgan fingerprint density at radius 2 is 2.00 bits per heavy atom. The molecule has 0 unspecified atom stereocenters. The van der Waals surface area contributed by atoms with Crippen molar-refractivity contribution in [2.75, 3.05) is 10.5 Å². The number of anilines is 1. The summed E-state index contributed by atoms with van der Waals surface area (Å²) in [6.45, 7) is 5.32. The Morgan fingerprint density at radius 3 is 2.50 bits per heavy atom. The number of aromatic carboxylic acids is 1. The minimum atomic E-state index is -3.52. The number of rotatable bonds is 5. The molecule has 0 aliphatic rings. The molecular formula is C12H17NO4S. The summed E-state index contributed by atoms with van der Waals surface area (Å²) in [5.74, 6) is -1.22. The summed E-state index contributed by atoms with van der Waals surface area (Å²) in [7, 11) is -3.52.